The van der Waals surface area contributed by atoms with Crippen LogP contribution in [0.5, 0.6) is 0 Å². The van der Waals surface area contributed by atoms with Crippen molar-refractivity contribution in [1.29, 1.82) is 5.26 Å². The monoisotopic (exact) mass is 444 g/mol. The van der Waals surface area contributed by atoms with E-state index in [1.165, 1.54) is 0 Å². The molecule has 166 valence electrons. The van der Waals surface area contributed by atoms with Gasteiger partial charge in [-0.1, -0.05) is 60.7 Å². The van der Waals surface area contributed by atoms with Crippen molar-refractivity contribution in [3.05, 3.63) is 102 Å². The fourth-order valence-electron chi connectivity index (χ4n) is 4.21. The number of nitriles is 1. The highest BCUT2D eigenvalue weighted by Gasteiger charge is 2.23. The molecule has 1 aliphatic heterocycles. The number of hydrogen-bond acceptors (Lipinski definition) is 6. The molecule has 1 aromatic heterocycles. The molecule has 0 atom stereocenters. The summed E-state index contributed by atoms with van der Waals surface area (Å²) in [6.45, 7) is 5.80. The minimum atomic E-state index is 0.307. The molecule has 0 aliphatic carbocycles. The van der Waals surface area contributed by atoms with E-state index in [2.05, 4.69) is 30.1 Å². The van der Waals surface area contributed by atoms with Gasteiger partial charge in [-0.3, -0.25) is 0 Å². The lowest BCUT2D eigenvalue weighted by molar-refractivity contribution is 0.846. The number of para-hydroxylation sites is 2. The van der Waals surface area contributed by atoms with Gasteiger partial charge in [-0.2, -0.15) is 5.26 Å². The standard InChI is InChI=1S/C28H24N6/c1-3-34(4-2)28-21-15-9-11-17-24(21)31-27(33-28)22(18-29)26-30-23-16-10-8-14-20(23)25(32-26)19-12-6-5-7-13-19/h5-17,30H,3-4H2,1-2H3/b26-22-. The molecule has 1 N–H and O–H groups in total. The van der Waals surface area contributed by atoms with Crippen molar-refractivity contribution >= 4 is 33.7 Å². The van der Waals surface area contributed by atoms with Gasteiger partial charge in [-0.05, 0) is 32.0 Å². The molecule has 0 fully saturated rings. The SMILES string of the molecule is CCN(CC)c1nc(/C(C#N)=C2\N=C(c3ccccc3)c3ccccc3N2)nc2ccccc12. The largest absolute Gasteiger partial charge is 0.357 e. The molecule has 3 aromatic carbocycles. The van der Waals surface area contributed by atoms with Crippen LogP contribution in [-0.2, 0) is 0 Å². The molecule has 2 heterocycles. The van der Waals surface area contributed by atoms with E-state index >= 15 is 0 Å². The van der Waals surface area contributed by atoms with Gasteiger partial charge in [-0.25, -0.2) is 15.0 Å². The van der Waals surface area contributed by atoms with Crippen molar-refractivity contribution in [2.75, 3.05) is 23.3 Å². The van der Waals surface area contributed by atoms with Crippen LogP contribution in [0.1, 0.15) is 30.8 Å². The smallest absolute Gasteiger partial charge is 0.176 e. The highest BCUT2D eigenvalue weighted by Crippen LogP contribution is 2.32. The number of benzene rings is 3. The van der Waals surface area contributed by atoms with Crippen LogP contribution in [0.4, 0.5) is 11.5 Å². The third-order valence-electron chi connectivity index (χ3n) is 5.92. The Hall–Kier alpha value is -4.50. The number of nitrogens with zero attached hydrogens (tertiary/aromatic N) is 5. The lowest BCUT2D eigenvalue weighted by Crippen LogP contribution is -2.24. The van der Waals surface area contributed by atoms with Gasteiger partial charge in [0.25, 0.3) is 0 Å². The summed E-state index contributed by atoms with van der Waals surface area (Å²) in [7, 11) is 0. The third kappa shape index (κ3) is 3.78. The van der Waals surface area contributed by atoms with Crippen LogP contribution in [0, 0.1) is 11.3 Å². The number of nitrogens with one attached hydrogen (secondary N) is 1. The van der Waals surface area contributed by atoms with Gasteiger partial charge < -0.3 is 10.2 Å². The van der Waals surface area contributed by atoms with E-state index in [9.17, 15) is 5.26 Å². The van der Waals surface area contributed by atoms with E-state index in [-0.39, 0.29) is 0 Å². The summed E-state index contributed by atoms with van der Waals surface area (Å²) in [4.78, 5) is 16.7. The molecular weight excluding hydrogens is 420 g/mol. The number of fused-ring (bicyclic) bond motifs is 2. The predicted molar refractivity (Wildman–Crippen MR) is 138 cm³/mol. The summed E-state index contributed by atoms with van der Waals surface area (Å²) in [6, 6.07) is 28.2. The second-order valence-corrected chi connectivity index (χ2v) is 7.89. The van der Waals surface area contributed by atoms with Crippen LogP contribution in [0.15, 0.2) is 89.7 Å². The topological polar surface area (TPSA) is 77.2 Å². The van der Waals surface area contributed by atoms with Crippen LogP contribution < -0.4 is 10.2 Å². The zero-order chi connectivity index (χ0) is 23.5. The molecule has 6 nitrogen and oxygen atoms in total. The molecule has 34 heavy (non-hydrogen) atoms. The number of aliphatic imine (C=N–C) groups is 1. The Labute approximate surface area is 198 Å². The second kappa shape index (κ2) is 9.16. The minimum absolute atomic E-state index is 0.307. The van der Waals surface area contributed by atoms with Crippen LogP contribution in [0.2, 0.25) is 0 Å². The Morgan fingerprint density at radius 2 is 1.59 bits per heavy atom. The van der Waals surface area contributed by atoms with Gasteiger partial charge in [0.1, 0.15) is 17.5 Å². The zero-order valence-corrected chi connectivity index (χ0v) is 19.2. The van der Waals surface area contributed by atoms with Crippen LogP contribution in [-0.4, -0.2) is 28.8 Å². The number of hydrogen-bond donors (Lipinski definition) is 1. The maximum Gasteiger partial charge on any atom is 0.176 e. The van der Waals surface area contributed by atoms with E-state index in [0.717, 1.165) is 52.3 Å². The molecule has 6 heteroatoms. The Morgan fingerprint density at radius 1 is 0.882 bits per heavy atom. The average molecular weight is 445 g/mol. The van der Waals surface area contributed by atoms with Gasteiger partial charge in [-0.15, -0.1) is 0 Å². The Kier molecular flexibility index (Phi) is 5.75. The van der Waals surface area contributed by atoms with E-state index < -0.39 is 0 Å². The van der Waals surface area contributed by atoms with Crippen molar-refractivity contribution < 1.29 is 0 Å². The van der Waals surface area contributed by atoms with Crippen molar-refractivity contribution in [3.8, 4) is 6.07 Å². The maximum absolute atomic E-state index is 10.2. The van der Waals surface area contributed by atoms with Gasteiger partial charge in [0.2, 0.25) is 0 Å². The predicted octanol–water partition coefficient (Wildman–Crippen LogP) is 5.63. The molecule has 0 spiro atoms. The molecule has 0 unspecified atom stereocenters. The van der Waals surface area contributed by atoms with Gasteiger partial charge in [0.15, 0.2) is 11.6 Å². The van der Waals surface area contributed by atoms with Gasteiger partial charge in [0.05, 0.1) is 11.2 Å². The van der Waals surface area contributed by atoms with E-state index in [1.54, 1.807) is 0 Å². The molecule has 0 radical (unpaired) electrons. The number of anilines is 2. The first-order valence-electron chi connectivity index (χ1n) is 11.4. The summed E-state index contributed by atoms with van der Waals surface area (Å²) in [5.41, 5.74) is 4.77. The van der Waals surface area contributed by atoms with Crippen molar-refractivity contribution in [2.24, 2.45) is 4.99 Å². The molecule has 0 bridgehead atoms. The zero-order valence-electron chi connectivity index (χ0n) is 19.2. The Bertz CT molecular complexity index is 1460. The van der Waals surface area contributed by atoms with E-state index in [0.29, 0.717) is 17.2 Å². The lowest BCUT2D eigenvalue weighted by atomic mass is 9.99. The fraction of sp³-hybridized carbons (Fsp3) is 0.143. The Balaban J connectivity index is 1.75. The number of rotatable bonds is 5. The summed E-state index contributed by atoms with van der Waals surface area (Å²) in [5, 5.41) is 14.6. The minimum Gasteiger partial charge on any atom is -0.357 e. The molecule has 1 aliphatic rings. The van der Waals surface area contributed by atoms with E-state index in [4.69, 9.17) is 15.0 Å². The van der Waals surface area contributed by atoms with Crippen LogP contribution >= 0.6 is 0 Å². The maximum atomic E-state index is 10.2. The molecule has 0 saturated heterocycles. The van der Waals surface area contributed by atoms with Crippen molar-refractivity contribution in [3.63, 3.8) is 0 Å². The van der Waals surface area contributed by atoms with Crippen LogP contribution in [0.25, 0.3) is 16.5 Å². The molecular formula is C28H24N6. The van der Waals surface area contributed by atoms with E-state index in [1.807, 2.05) is 78.9 Å². The number of allylic oxidation sites excluding steroid dienone is 1. The Morgan fingerprint density at radius 3 is 2.35 bits per heavy atom. The van der Waals surface area contributed by atoms with Crippen molar-refractivity contribution in [2.45, 2.75) is 13.8 Å². The first kappa shape index (κ1) is 21.4. The average Bonchev–Trinajstić information content (AvgIpc) is 2.90. The fourth-order valence-corrected chi connectivity index (χ4v) is 4.21. The third-order valence-corrected chi connectivity index (χ3v) is 5.92. The lowest BCUT2D eigenvalue weighted by Gasteiger charge is -2.23. The normalized spacial score (nSPS) is 14.0. The highest BCUT2D eigenvalue weighted by molar-refractivity contribution is 6.18. The summed E-state index contributed by atoms with van der Waals surface area (Å²) in [5.74, 6) is 1.63. The molecule has 4 aromatic rings. The summed E-state index contributed by atoms with van der Waals surface area (Å²) in [6.07, 6.45) is 0. The quantitative estimate of drug-likeness (QED) is 0.404. The molecule has 0 saturated carbocycles. The summed E-state index contributed by atoms with van der Waals surface area (Å²) < 4.78 is 0. The first-order valence-corrected chi connectivity index (χ1v) is 11.4. The highest BCUT2D eigenvalue weighted by atomic mass is 15.2. The second-order valence-electron chi connectivity index (χ2n) is 7.89. The summed E-state index contributed by atoms with van der Waals surface area (Å²) >= 11 is 0. The number of aromatic nitrogens is 2. The van der Waals surface area contributed by atoms with Crippen LogP contribution in [0.3, 0.4) is 0 Å². The first-order chi connectivity index (χ1) is 16.7. The van der Waals surface area contributed by atoms with Gasteiger partial charge >= 0.3 is 0 Å². The van der Waals surface area contributed by atoms with Gasteiger partial charge in [0, 0.05) is 35.3 Å². The molecule has 5 rings (SSSR count). The molecule has 0 amide bonds. The van der Waals surface area contributed by atoms with Crippen molar-refractivity contribution in [1.82, 2.24) is 9.97 Å².